The van der Waals surface area contributed by atoms with Gasteiger partial charge in [-0.2, -0.15) is 0 Å². The third-order valence-corrected chi connectivity index (χ3v) is 9.33. The number of ether oxygens (including phenoxy) is 2. The highest BCUT2D eigenvalue weighted by Crippen LogP contribution is 2.45. The second kappa shape index (κ2) is 11.8. The molecule has 8 rings (SSSR count). The summed E-state index contributed by atoms with van der Waals surface area (Å²) >= 11 is 0. The van der Waals surface area contributed by atoms with Crippen LogP contribution in [0.15, 0.2) is 65.4 Å². The van der Waals surface area contributed by atoms with Crippen molar-refractivity contribution < 1.29 is 19.1 Å². The van der Waals surface area contributed by atoms with Gasteiger partial charge >= 0.3 is 0 Å². The number of carbonyl (C=O) groups is 2. The van der Waals surface area contributed by atoms with Crippen molar-refractivity contribution in [2.24, 2.45) is 4.99 Å². The summed E-state index contributed by atoms with van der Waals surface area (Å²) < 4.78 is 10.9. The Bertz CT molecular complexity index is 2240. The molecule has 1 aliphatic heterocycles. The van der Waals surface area contributed by atoms with Crippen LogP contribution < -0.4 is 20.1 Å². The maximum Gasteiger partial charge on any atom is 0.199 e. The summed E-state index contributed by atoms with van der Waals surface area (Å²) in [6.45, 7) is 3.17. The van der Waals surface area contributed by atoms with Gasteiger partial charge in [0.05, 0.1) is 36.4 Å². The van der Waals surface area contributed by atoms with Crippen LogP contribution in [0.2, 0.25) is 0 Å². The van der Waals surface area contributed by atoms with Gasteiger partial charge in [0.15, 0.2) is 11.6 Å². The molecule has 11 nitrogen and oxygen atoms in total. The van der Waals surface area contributed by atoms with Crippen LogP contribution in [0.1, 0.15) is 38.3 Å². The Hall–Kier alpha value is -5.68. The smallest absolute Gasteiger partial charge is 0.199 e. The number of hydrogen-bond donors (Lipinski definition) is 2. The average Bonchev–Trinajstić information content (AvgIpc) is 3.59. The van der Waals surface area contributed by atoms with E-state index < -0.39 is 0 Å². The first-order valence-corrected chi connectivity index (χ1v) is 15.9. The van der Waals surface area contributed by atoms with Crippen LogP contribution in [0.5, 0.6) is 11.5 Å². The number of benzene rings is 2. The molecule has 0 fully saturated rings. The molecular weight excluding hydrogens is 606 g/mol. The van der Waals surface area contributed by atoms with Crippen LogP contribution in [-0.2, 0) is 0 Å². The molecule has 240 valence electrons. The van der Waals surface area contributed by atoms with Crippen molar-refractivity contribution in [3.8, 4) is 22.6 Å². The van der Waals surface area contributed by atoms with Crippen molar-refractivity contribution >= 4 is 56.8 Å². The Kier molecular flexibility index (Phi) is 7.33. The fourth-order valence-electron chi connectivity index (χ4n) is 6.94. The first-order chi connectivity index (χ1) is 23.5. The molecule has 0 spiro atoms. The highest BCUT2D eigenvalue weighted by atomic mass is 16.5. The van der Waals surface area contributed by atoms with Crippen molar-refractivity contribution in [2.45, 2.75) is 6.42 Å². The third-order valence-electron chi connectivity index (χ3n) is 9.33. The molecule has 2 aromatic carbocycles. The molecule has 0 bridgehead atoms. The van der Waals surface area contributed by atoms with E-state index in [0.29, 0.717) is 78.1 Å². The van der Waals surface area contributed by atoms with Crippen molar-refractivity contribution in [3.63, 3.8) is 0 Å². The van der Waals surface area contributed by atoms with Crippen LogP contribution in [0.4, 0.5) is 11.6 Å². The van der Waals surface area contributed by atoms with Gasteiger partial charge in [-0.1, -0.05) is 0 Å². The van der Waals surface area contributed by atoms with Gasteiger partial charge in [-0.05, 0) is 54.9 Å². The first-order valence-electron chi connectivity index (χ1n) is 15.9. The van der Waals surface area contributed by atoms with Gasteiger partial charge in [0, 0.05) is 96.5 Å². The van der Waals surface area contributed by atoms with Crippen molar-refractivity contribution in [2.75, 3.05) is 64.6 Å². The molecule has 0 saturated carbocycles. The number of dihydropyridines is 1. The molecule has 0 saturated heterocycles. The Balaban J connectivity index is 0.992. The number of methoxy groups -OCH3 is 2. The lowest BCUT2D eigenvalue weighted by atomic mass is 9.97. The SMILES string of the molecule is COc1ccc2c3c(c(NCCN(C)CCNc4nc5cc(OC)ccc5c5c4C(=O)c4cnccc4-5)nc2c1)C(=O)C1=C3CCN=C1. The Labute approximate surface area is 276 Å². The number of hydrogen-bond acceptors (Lipinski definition) is 11. The summed E-state index contributed by atoms with van der Waals surface area (Å²) in [6.07, 6.45) is 5.77. The minimum Gasteiger partial charge on any atom is -0.497 e. The quantitative estimate of drug-likeness (QED) is 0.204. The zero-order valence-corrected chi connectivity index (χ0v) is 26.9. The van der Waals surface area contributed by atoms with Crippen molar-refractivity contribution in [1.82, 2.24) is 19.9 Å². The number of nitrogens with zero attached hydrogens (tertiary/aromatic N) is 5. The summed E-state index contributed by atoms with van der Waals surface area (Å²) in [5.74, 6) is 2.42. The summed E-state index contributed by atoms with van der Waals surface area (Å²) in [5.41, 5.74) is 7.68. The highest BCUT2D eigenvalue weighted by molar-refractivity contribution is 6.35. The molecule has 4 heterocycles. The van der Waals surface area contributed by atoms with Gasteiger partial charge in [0.25, 0.3) is 0 Å². The molecule has 0 unspecified atom stereocenters. The number of likely N-dealkylation sites (N-methyl/N-ethyl adjacent to an activating group) is 1. The molecule has 0 radical (unpaired) electrons. The lowest BCUT2D eigenvalue weighted by Gasteiger charge is -2.20. The van der Waals surface area contributed by atoms with Crippen LogP contribution >= 0.6 is 0 Å². The minimum absolute atomic E-state index is 0.0331. The third kappa shape index (κ3) is 4.77. The molecule has 5 aromatic rings. The number of carbonyl (C=O) groups excluding carboxylic acids is 2. The van der Waals surface area contributed by atoms with E-state index in [9.17, 15) is 9.59 Å². The Morgan fingerprint density at radius 3 is 2.04 bits per heavy atom. The predicted molar refractivity (Wildman–Crippen MR) is 187 cm³/mol. The molecule has 0 amide bonds. The summed E-state index contributed by atoms with van der Waals surface area (Å²) in [7, 11) is 5.29. The second-order valence-corrected chi connectivity index (χ2v) is 12.1. The average molecular weight is 640 g/mol. The van der Waals surface area contributed by atoms with Crippen LogP contribution in [0.3, 0.4) is 0 Å². The topological polar surface area (TPSA) is 131 Å². The maximum atomic E-state index is 13.6. The number of rotatable bonds is 10. The lowest BCUT2D eigenvalue weighted by molar-refractivity contribution is 0.103. The number of Topliss-reactive ketones (excluding diaryl/α,β-unsaturated/α-hetero) is 1. The summed E-state index contributed by atoms with van der Waals surface area (Å²) in [4.78, 5) is 47.6. The van der Waals surface area contributed by atoms with E-state index in [2.05, 4.69) is 25.5 Å². The normalized spacial score (nSPS) is 14.4. The number of anilines is 2. The van der Waals surface area contributed by atoms with E-state index in [-0.39, 0.29) is 11.6 Å². The van der Waals surface area contributed by atoms with E-state index >= 15 is 0 Å². The van der Waals surface area contributed by atoms with E-state index in [1.807, 2.05) is 49.5 Å². The molecule has 2 aliphatic carbocycles. The van der Waals surface area contributed by atoms with E-state index in [4.69, 9.17) is 19.4 Å². The molecular formula is C37H33N7O4. The maximum absolute atomic E-state index is 13.6. The van der Waals surface area contributed by atoms with Gasteiger partial charge in [-0.15, -0.1) is 0 Å². The molecule has 0 atom stereocenters. The minimum atomic E-state index is -0.0802. The van der Waals surface area contributed by atoms with Crippen LogP contribution in [0, 0.1) is 0 Å². The number of fused-ring (bicyclic) bond motifs is 9. The fraction of sp³-hybridized carbons (Fsp3) is 0.243. The summed E-state index contributed by atoms with van der Waals surface area (Å²) in [6, 6.07) is 13.4. The number of ketones is 2. The van der Waals surface area contributed by atoms with E-state index in [1.54, 1.807) is 32.8 Å². The predicted octanol–water partition coefficient (Wildman–Crippen LogP) is 5.29. The number of allylic oxidation sites excluding steroid dienone is 1. The zero-order valence-electron chi connectivity index (χ0n) is 26.9. The van der Waals surface area contributed by atoms with Gasteiger partial charge < -0.3 is 25.0 Å². The van der Waals surface area contributed by atoms with Crippen molar-refractivity contribution in [1.29, 1.82) is 0 Å². The van der Waals surface area contributed by atoms with Gasteiger partial charge in [0.2, 0.25) is 0 Å². The van der Waals surface area contributed by atoms with E-state index in [1.165, 1.54) is 0 Å². The lowest BCUT2D eigenvalue weighted by Crippen LogP contribution is -2.30. The van der Waals surface area contributed by atoms with E-state index in [0.717, 1.165) is 50.5 Å². The molecule has 48 heavy (non-hydrogen) atoms. The number of pyridine rings is 3. The number of aromatic nitrogens is 3. The van der Waals surface area contributed by atoms with Gasteiger partial charge in [-0.3, -0.25) is 19.6 Å². The Morgan fingerprint density at radius 2 is 1.40 bits per heavy atom. The standard InChI is InChI=1S/C37H33N7O4/c1-44(14-12-40-36-32-30(22-8-10-38-18-26(22)34(32)45)24-6-4-20(47-2)16-28(24)42-36)15-13-41-37-33-31(23-9-11-39-19-27(23)35(33)46)25-7-5-21(48-3)17-29(25)43-37/h4-8,10,16-19H,9,11-15H2,1-3H3,(H,40,42)(H,41,43). The molecule has 3 aliphatic rings. The van der Waals surface area contributed by atoms with Gasteiger partial charge in [0.1, 0.15) is 23.1 Å². The van der Waals surface area contributed by atoms with Gasteiger partial charge in [-0.25, -0.2) is 9.97 Å². The number of aliphatic imine (C=N–C) groups is 1. The van der Waals surface area contributed by atoms with Crippen LogP contribution in [-0.4, -0.2) is 91.6 Å². The monoisotopic (exact) mass is 639 g/mol. The Morgan fingerprint density at radius 1 is 0.771 bits per heavy atom. The molecule has 3 aromatic heterocycles. The second-order valence-electron chi connectivity index (χ2n) is 12.1. The fourth-order valence-corrected chi connectivity index (χ4v) is 6.94. The summed E-state index contributed by atoms with van der Waals surface area (Å²) in [5, 5.41) is 8.73. The molecule has 11 heteroatoms. The number of nitrogens with one attached hydrogen (secondary N) is 2. The molecule has 2 N–H and O–H groups in total. The van der Waals surface area contributed by atoms with Crippen LogP contribution in [0.25, 0.3) is 38.5 Å². The zero-order chi connectivity index (χ0) is 32.9. The first kappa shape index (κ1) is 29.7. The largest absolute Gasteiger partial charge is 0.497 e. The van der Waals surface area contributed by atoms with Crippen molar-refractivity contribution in [3.05, 3.63) is 82.7 Å². The highest BCUT2D eigenvalue weighted by Gasteiger charge is 2.35.